The lowest BCUT2D eigenvalue weighted by molar-refractivity contribution is 0.102. The summed E-state index contributed by atoms with van der Waals surface area (Å²) < 4.78 is 11.0. The first kappa shape index (κ1) is 17.6. The van der Waals surface area contributed by atoms with Gasteiger partial charge >= 0.3 is 0 Å². The number of amides is 1. The Labute approximate surface area is 141 Å². The molecule has 0 saturated heterocycles. The Morgan fingerprint density at radius 3 is 2.75 bits per heavy atom. The molecular formula is C18H22N2O4. The molecule has 0 unspecified atom stereocenters. The van der Waals surface area contributed by atoms with Crippen LogP contribution in [0.2, 0.25) is 0 Å². The highest BCUT2D eigenvalue weighted by Crippen LogP contribution is 2.29. The van der Waals surface area contributed by atoms with E-state index in [1.165, 1.54) is 19.4 Å². The van der Waals surface area contributed by atoms with E-state index in [2.05, 4.69) is 24.1 Å². The number of nitrogens with one attached hydrogen (secondary N) is 1. The number of anilines is 1. The Bertz CT molecular complexity index is 701. The predicted molar refractivity (Wildman–Crippen MR) is 91.8 cm³/mol. The number of carbonyl (C=O) groups is 1. The normalized spacial score (nSPS) is 10.5. The van der Waals surface area contributed by atoms with Crippen molar-refractivity contribution in [2.75, 3.05) is 19.0 Å². The second-order valence-electron chi connectivity index (χ2n) is 5.72. The summed E-state index contributed by atoms with van der Waals surface area (Å²) in [5, 5.41) is 12.2. The summed E-state index contributed by atoms with van der Waals surface area (Å²) in [6, 6.07) is 7.97. The van der Waals surface area contributed by atoms with Gasteiger partial charge in [-0.1, -0.05) is 13.8 Å². The summed E-state index contributed by atoms with van der Waals surface area (Å²) >= 11 is 0. The third-order valence-corrected chi connectivity index (χ3v) is 3.40. The first-order chi connectivity index (χ1) is 11.5. The summed E-state index contributed by atoms with van der Waals surface area (Å²) in [6.45, 7) is 4.84. The van der Waals surface area contributed by atoms with Gasteiger partial charge in [0.05, 0.1) is 13.7 Å². The number of aromatic hydroxyl groups is 1. The number of pyridine rings is 1. The molecule has 0 bridgehead atoms. The third-order valence-electron chi connectivity index (χ3n) is 3.40. The zero-order valence-corrected chi connectivity index (χ0v) is 14.1. The highest BCUT2D eigenvalue weighted by Gasteiger charge is 2.13. The molecule has 1 aromatic heterocycles. The second-order valence-corrected chi connectivity index (χ2v) is 5.72. The van der Waals surface area contributed by atoms with E-state index >= 15 is 0 Å². The van der Waals surface area contributed by atoms with Crippen LogP contribution in [0.4, 0.5) is 5.82 Å². The molecule has 1 heterocycles. The van der Waals surface area contributed by atoms with Gasteiger partial charge in [-0.25, -0.2) is 4.98 Å². The highest BCUT2D eigenvalue weighted by molar-refractivity contribution is 6.04. The van der Waals surface area contributed by atoms with Crippen molar-refractivity contribution in [3.63, 3.8) is 0 Å². The monoisotopic (exact) mass is 330 g/mol. The van der Waals surface area contributed by atoms with Gasteiger partial charge in [0.1, 0.15) is 0 Å². The molecule has 0 radical (unpaired) electrons. The molecule has 2 rings (SSSR count). The Balaban J connectivity index is 2.10. The van der Waals surface area contributed by atoms with E-state index < -0.39 is 5.91 Å². The van der Waals surface area contributed by atoms with Crippen LogP contribution in [0, 0.1) is 5.92 Å². The van der Waals surface area contributed by atoms with Crippen molar-refractivity contribution in [3.8, 4) is 17.2 Å². The molecule has 2 N–H and O–H groups in total. The van der Waals surface area contributed by atoms with E-state index in [0.29, 0.717) is 29.6 Å². The summed E-state index contributed by atoms with van der Waals surface area (Å²) in [4.78, 5) is 16.2. The number of hydrogen-bond donors (Lipinski definition) is 2. The molecule has 0 fully saturated rings. The standard InChI is InChI=1S/C18H22N2O4/c1-12(2)8-10-24-15-7-6-13(11-16(15)23-3)18(22)20-17-14(21)5-4-9-19-17/h4-7,9,11-12,21H,8,10H2,1-3H3,(H,19,20,22). The van der Waals surface area contributed by atoms with Gasteiger partial charge in [0.25, 0.3) is 5.91 Å². The Hall–Kier alpha value is -2.76. The SMILES string of the molecule is COc1cc(C(=O)Nc2ncccc2O)ccc1OCCC(C)C. The number of methoxy groups -OCH3 is 1. The summed E-state index contributed by atoms with van der Waals surface area (Å²) in [5.74, 6) is 1.25. The quantitative estimate of drug-likeness (QED) is 0.812. The Morgan fingerprint density at radius 2 is 2.08 bits per heavy atom. The van der Waals surface area contributed by atoms with Gasteiger partial charge in [-0.05, 0) is 42.7 Å². The fourth-order valence-electron chi connectivity index (χ4n) is 2.01. The van der Waals surface area contributed by atoms with Crippen LogP contribution in [-0.2, 0) is 0 Å². The van der Waals surface area contributed by atoms with Crippen molar-refractivity contribution in [3.05, 3.63) is 42.1 Å². The molecule has 0 aliphatic rings. The van der Waals surface area contributed by atoms with Crippen LogP contribution >= 0.6 is 0 Å². The molecule has 0 atom stereocenters. The highest BCUT2D eigenvalue weighted by atomic mass is 16.5. The molecule has 2 aromatic rings. The van der Waals surface area contributed by atoms with Crippen LogP contribution in [0.3, 0.4) is 0 Å². The fraction of sp³-hybridized carbons (Fsp3) is 0.333. The smallest absolute Gasteiger partial charge is 0.257 e. The molecule has 0 aliphatic carbocycles. The van der Waals surface area contributed by atoms with Crippen LogP contribution in [0.15, 0.2) is 36.5 Å². The Morgan fingerprint density at radius 1 is 1.29 bits per heavy atom. The predicted octanol–water partition coefficient (Wildman–Crippen LogP) is 3.47. The maximum absolute atomic E-state index is 12.3. The van der Waals surface area contributed by atoms with E-state index in [4.69, 9.17) is 9.47 Å². The maximum Gasteiger partial charge on any atom is 0.257 e. The van der Waals surface area contributed by atoms with Crippen molar-refractivity contribution in [1.82, 2.24) is 4.98 Å². The van der Waals surface area contributed by atoms with Crippen molar-refractivity contribution in [2.45, 2.75) is 20.3 Å². The lowest BCUT2D eigenvalue weighted by Gasteiger charge is -2.13. The first-order valence-corrected chi connectivity index (χ1v) is 7.77. The minimum atomic E-state index is -0.393. The van der Waals surface area contributed by atoms with Crippen LogP contribution in [0.1, 0.15) is 30.6 Å². The van der Waals surface area contributed by atoms with Gasteiger partial charge in [-0.2, -0.15) is 0 Å². The topological polar surface area (TPSA) is 80.7 Å². The molecule has 1 amide bonds. The zero-order chi connectivity index (χ0) is 17.5. The summed E-state index contributed by atoms with van der Waals surface area (Å²) in [6.07, 6.45) is 2.42. The molecule has 6 nitrogen and oxygen atoms in total. The minimum absolute atomic E-state index is 0.0912. The molecule has 0 saturated carbocycles. The zero-order valence-electron chi connectivity index (χ0n) is 14.1. The van der Waals surface area contributed by atoms with Crippen molar-refractivity contribution in [2.24, 2.45) is 5.92 Å². The van der Waals surface area contributed by atoms with Gasteiger partial charge in [-0.3, -0.25) is 4.79 Å². The molecular weight excluding hydrogens is 308 g/mol. The summed E-state index contributed by atoms with van der Waals surface area (Å²) in [5.41, 5.74) is 0.383. The van der Waals surface area contributed by atoms with Crippen molar-refractivity contribution >= 4 is 11.7 Å². The largest absolute Gasteiger partial charge is 0.504 e. The van der Waals surface area contributed by atoms with Gasteiger partial charge < -0.3 is 19.9 Å². The number of rotatable bonds is 7. The van der Waals surface area contributed by atoms with E-state index in [9.17, 15) is 9.90 Å². The maximum atomic E-state index is 12.3. The van der Waals surface area contributed by atoms with Gasteiger partial charge in [0.2, 0.25) is 0 Å². The van der Waals surface area contributed by atoms with Crippen LogP contribution in [0.5, 0.6) is 17.2 Å². The number of nitrogens with zero attached hydrogens (tertiary/aromatic N) is 1. The minimum Gasteiger partial charge on any atom is -0.504 e. The first-order valence-electron chi connectivity index (χ1n) is 7.77. The average molecular weight is 330 g/mol. The molecule has 24 heavy (non-hydrogen) atoms. The van der Waals surface area contributed by atoms with Gasteiger partial charge in [0, 0.05) is 11.8 Å². The Kier molecular flexibility index (Phi) is 6.01. The van der Waals surface area contributed by atoms with E-state index in [1.807, 2.05) is 0 Å². The molecule has 0 spiro atoms. The van der Waals surface area contributed by atoms with E-state index in [0.717, 1.165) is 6.42 Å². The summed E-state index contributed by atoms with van der Waals surface area (Å²) in [7, 11) is 1.52. The second kappa shape index (κ2) is 8.19. The number of carbonyl (C=O) groups excluding carboxylic acids is 1. The van der Waals surface area contributed by atoms with E-state index in [1.54, 1.807) is 24.3 Å². The van der Waals surface area contributed by atoms with Gasteiger partial charge in [0.15, 0.2) is 23.1 Å². The van der Waals surface area contributed by atoms with Crippen LogP contribution in [0.25, 0.3) is 0 Å². The van der Waals surface area contributed by atoms with Crippen molar-refractivity contribution < 1.29 is 19.4 Å². The molecule has 1 aromatic carbocycles. The molecule has 6 heteroatoms. The average Bonchev–Trinajstić information content (AvgIpc) is 2.56. The molecule has 128 valence electrons. The van der Waals surface area contributed by atoms with Crippen LogP contribution in [-0.4, -0.2) is 29.7 Å². The lowest BCUT2D eigenvalue weighted by atomic mass is 10.1. The number of ether oxygens (including phenoxy) is 2. The van der Waals surface area contributed by atoms with E-state index in [-0.39, 0.29) is 11.6 Å². The van der Waals surface area contributed by atoms with Crippen molar-refractivity contribution in [1.29, 1.82) is 0 Å². The third kappa shape index (κ3) is 4.62. The number of benzene rings is 1. The lowest BCUT2D eigenvalue weighted by Crippen LogP contribution is -2.13. The molecule has 0 aliphatic heterocycles. The number of hydrogen-bond acceptors (Lipinski definition) is 5. The fourth-order valence-corrected chi connectivity index (χ4v) is 2.01. The number of aromatic nitrogens is 1. The van der Waals surface area contributed by atoms with Gasteiger partial charge in [-0.15, -0.1) is 0 Å². The van der Waals surface area contributed by atoms with Crippen LogP contribution < -0.4 is 14.8 Å².